The van der Waals surface area contributed by atoms with Crippen LogP contribution in [0.4, 0.5) is 0 Å². The molecule has 0 spiro atoms. The van der Waals surface area contributed by atoms with Crippen molar-refractivity contribution in [3.63, 3.8) is 0 Å². The minimum atomic E-state index is -1.25. The van der Waals surface area contributed by atoms with Crippen molar-refractivity contribution in [3.05, 3.63) is 71.6 Å². The molecule has 0 saturated heterocycles. The minimum absolute atomic E-state index is 0.385. The van der Waals surface area contributed by atoms with Gasteiger partial charge in [0, 0.05) is 18.6 Å². The fourth-order valence-corrected chi connectivity index (χ4v) is 3.40. The van der Waals surface area contributed by atoms with Crippen LogP contribution in [-0.2, 0) is 16.6 Å². The molecule has 3 aromatic rings. The summed E-state index contributed by atoms with van der Waals surface area (Å²) >= 11 is 6.01. The largest absolute Gasteiger partial charge is 0.252 e. The summed E-state index contributed by atoms with van der Waals surface area (Å²) in [5, 5.41) is 5.03. The Labute approximate surface area is 129 Å². The first-order chi connectivity index (χ1) is 10.2. The van der Waals surface area contributed by atoms with E-state index in [4.69, 9.17) is 11.6 Å². The number of hydrogen-bond acceptors (Lipinski definition) is 3. The first kappa shape index (κ1) is 14.0. The Bertz CT molecular complexity index is 757. The van der Waals surface area contributed by atoms with E-state index in [9.17, 15) is 4.21 Å². The maximum absolute atomic E-state index is 12.3. The average Bonchev–Trinajstić information content (AvgIpc) is 3.02. The molecule has 0 amide bonds. The molecule has 1 unspecified atom stereocenters. The molecule has 2 heterocycles. The Morgan fingerprint density at radius 1 is 1.10 bits per heavy atom. The fraction of sp³-hybridized carbons (Fsp3) is 0.0667. The van der Waals surface area contributed by atoms with Crippen LogP contribution in [0.3, 0.4) is 0 Å². The van der Waals surface area contributed by atoms with Crippen molar-refractivity contribution in [2.45, 2.75) is 10.8 Å². The summed E-state index contributed by atoms with van der Waals surface area (Å²) in [5.41, 5.74) is 1.93. The highest BCUT2D eigenvalue weighted by Gasteiger charge is 2.10. The van der Waals surface area contributed by atoms with Gasteiger partial charge in [-0.1, -0.05) is 23.7 Å². The van der Waals surface area contributed by atoms with E-state index in [0.717, 1.165) is 11.3 Å². The summed E-state index contributed by atoms with van der Waals surface area (Å²) in [6, 6.07) is 13.0. The number of nitrogens with zero attached hydrogens (tertiary/aromatic N) is 3. The van der Waals surface area contributed by atoms with Gasteiger partial charge < -0.3 is 0 Å². The van der Waals surface area contributed by atoms with Gasteiger partial charge in [-0.15, -0.1) is 0 Å². The minimum Gasteiger partial charge on any atom is -0.252 e. The lowest BCUT2D eigenvalue weighted by molar-refractivity contribution is 0.680. The monoisotopic (exact) mass is 317 g/mol. The molecule has 6 heteroatoms. The second kappa shape index (κ2) is 6.20. The zero-order valence-corrected chi connectivity index (χ0v) is 12.6. The second-order valence-electron chi connectivity index (χ2n) is 4.40. The second-order valence-corrected chi connectivity index (χ2v) is 6.17. The summed E-state index contributed by atoms with van der Waals surface area (Å²) in [6.07, 6.45) is 5.20. The molecule has 0 saturated carbocycles. The van der Waals surface area contributed by atoms with Crippen molar-refractivity contribution in [1.29, 1.82) is 0 Å². The van der Waals surface area contributed by atoms with Crippen LogP contribution in [0.25, 0.3) is 5.69 Å². The smallest absolute Gasteiger partial charge is 0.146 e. The lowest BCUT2D eigenvalue weighted by atomic mass is 10.2. The van der Waals surface area contributed by atoms with Gasteiger partial charge in [-0.3, -0.25) is 4.21 Å². The van der Waals surface area contributed by atoms with E-state index in [1.807, 2.05) is 36.5 Å². The summed E-state index contributed by atoms with van der Waals surface area (Å²) in [4.78, 5) is 4.09. The van der Waals surface area contributed by atoms with Gasteiger partial charge in [0.1, 0.15) is 5.03 Å². The molecule has 0 aliphatic carbocycles. The number of pyridine rings is 1. The molecule has 0 aliphatic heterocycles. The van der Waals surface area contributed by atoms with E-state index in [1.165, 1.54) is 0 Å². The molecule has 1 atom stereocenters. The van der Waals surface area contributed by atoms with E-state index >= 15 is 0 Å². The van der Waals surface area contributed by atoms with Crippen LogP contribution in [-0.4, -0.2) is 19.0 Å². The zero-order chi connectivity index (χ0) is 14.7. The Hall–Kier alpha value is -1.98. The van der Waals surface area contributed by atoms with Crippen LogP contribution in [0.1, 0.15) is 5.56 Å². The normalized spacial score (nSPS) is 12.2. The Morgan fingerprint density at radius 2 is 1.90 bits per heavy atom. The molecule has 0 fully saturated rings. The van der Waals surface area contributed by atoms with Crippen LogP contribution in [0.2, 0.25) is 5.02 Å². The molecule has 0 N–H and O–H groups in total. The highest BCUT2D eigenvalue weighted by atomic mass is 35.5. The first-order valence-corrected chi connectivity index (χ1v) is 8.01. The van der Waals surface area contributed by atoms with Gasteiger partial charge in [0.15, 0.2) is 0 Å². The van der Waals surface area contributed by atoms with E-state index in [0.29, 0.717) is 15.8 Å². The quantitative estimate of drug-likeness (QED) is 0.742. The third-order valence-corrected chi connectivity index (χ3v) is 4.71. The molecular formula is C15H12ClN3OS. The summed E-state index contributed by atoms with van der Waals surface area (Å²) < 4.78 is 14.1. The molecule has 4 nitrogen and oxygen atoms in total. The summed E-state index contributed by atoms with van der Waals surface area (Å²) in [7, 11) is -1.25. The number of halogens is 1. The van der Waals surface area contributed by atoms with Crippen LogP contribution in [0, 0.1) is 0 Å². The predicted octanol–water partition coefficient (Wildman–Crippen LogP) is 3.23. The zero-order valence-electron chi connectivity index (χ0n) is 11.0. The Morgan fingerprint density at radius 3 is 2.57 bits per heavy atom. The topological polar surface area (TPSA) is 47.8 Å². The van der Waals surface area contributed by atoms with Crippen molar-refractivity contribution < 1.29 is 4.21 Å². The van der Waals surface area contributed by atoms with Crippen molar-refractivity contribution >= 4 is 22.4 Å². The average molecular weight is 318 g/mol. The lowest BCUT2D eigenvalue weighted by Gasteiger charge is -2.05. The van der Waals surface area contributed by atoms with E-state index in [1.54, 1.807) is 29.2 Å². The molecule has 106 valence electrons. The van der Waals surface area contributed by atoms with Crippen LogP contribution < -0.4 is 0 Å². The van der Waals surface area contributed by atoms with Crippen LogP contribution in [0.5, 0.6) is 0 Å². The van der Waals surface area contributed by atoms with Gasteiger partial charge in [0.25, 0.3) is 0 Å². The maximum atomic E-state index is 12.3. The van der Waals surface area contributed by atoms with Crippen LogP contribution >= 0.6 is 11.6 Å². The number of benzene rings is 1. The fourth-order valence-electron chi connectivity index (χ4n) is 1.92. The van der Waals surface area contributed by atoms with Crippen molar-refractivity contribution in [2.75, 3.05) is 0 Å². The van der Waals surface area contributed by atoms with Gasteiger partial charge in [-0.25, -0.2) is 9.67 Å². The molecule has 2 aromatic heterocycles. The molecule has 0 aliphatic rings. The number of aromatic nitrogens is 3. The van der Waals surface area contributed by atoms with Crippen LogP contribution in [0.15, 0.2) is 66.1 Å². The van der Waals surface area contributed by atoms with E-state index < -0.39 is 10.8 Å². The Balaban J connectivity index is 1.77. The van der Waals surface area contributed by atoms with Gasteiger partial charge in [0.05, 0.1) is 27.3 Å². The SMILES string of the molecule is O=S(Cc1ccc(-n2cccn2)cc1)c1ncccc1Cl. The van der Waals surface area contributed by atoms with Gasteiger partial charge in [-0.05, 0) is 35.9 Å². The number of rotatable bonds is 4. The van der Waals surface area contributed by atoms with Crippen molar-refractivity contribution in [1.82, 2.24) is 14.8 Å². The molecule has 1 aromatic carbocycles. The highest BCUT2D eigenvalue weighted by Crippen LogP contribution is 2.19. The third kappa shape index (κ3) is 3.20. The summed E-state index contributed by atoms with van der Waals surface area (Å²) in [6.45, 7) is 0. The lowest BCUT2D eigenvalue weighted by Crippen LogP contribution is -2.00. The third-order valence-electron chi connectivity index (χ3n) is 2.94. The molecule has 21 heavy (non-hydrogen) atoms. The van der Waals surface area contributed by atoms with Crippen molar-refractivity contribution in [3.8, 4) is 5.69 Å². The molecule has 3 rings (SSSR count). The summed E-state index contributed by atoms with van der Waals surface area (Å²) in [5.74, 6) is 0.385. The standard InChI is InChI=1S/C15H12ClN3OS/c16-14-3-1-8-17-15(14)21(20)11-12-4-6-13(7-5-12)19-10-2-9-18-19/h1-10H,11H2. The van der Waals surface area contributed by atoms with E-state index in [2.05, 4.69) is 10.1 Å². The molecular weight excluding hydrogens is 306 g/mol. The van der Waals surface area contributed by atoms with E-state index in [-0.39, 0.29) is 0 Å². The number of hydrogen-bond donors (Lipinski definition) is 0. The molecule has 0 radical (unpaired) electrons. The maximum Gasteiger partial charge on any atom is 0.146 e. The van der Waals surface area contributed by atoms with Gasteiger partial charge in [-0.2, -0.15) is 5.10 Å². The molecule has 0 bridgehead atoms. The van der Waals surface area contributed by atoms with Crippen molar-refractivity contribution in [2.24, 2.45) is 0 Å². The predicted molar refractivity (Wildman–Crippen MR) is 82.9 cm³/mol. The van der Waals surface area contributed by atoms with Gasteiger partial charge >= 0.3 is 0 Å². The first-order valence-electron chi connectivity index (χ1n) is 6.32. The van der Waals surface area contributed by atoms with Gasteiger partial charge in [0.2, 0.25) is 0 Å². The highest BCUT2D eigenvalue weighted by molar-refractivity contribution is 7.84. The Kier molecular flexibility index (Phi) is 4.13.